The molecule has 1 N–H and O–H groups in total. The van der Waals surface area contributed by atoms with Crippen molar-refractivity contribution in [3.8, 4) is 5.75 Å². The molecule has 0 bridgehead atoms. The smallest absolute Gasteiger partial charge is 0.119 e. The third-order valence-corrected chi connectivity index (χ3v) is 3.27. The van der Waals surface area contributed by atoms with Gasteiger partial charge in [-0.15, -0.1) is 0 Å². The Kier molecular flexibility index (Phi) is 3.72. The van der Waals surface area contributed by atoms with Gasteiger partial charge in [0.15, 0.2) is 0 Å². The molecule has 1 aliphatic rings. The molecule has 0 saturated carbocycles. The second-order valence-corrected chi connectivity index (χ2v) is 5.86. The summed E-state index contributed by atoms with van der Waals surface area (Å²) in [4.78, 5) is 0. The number of ether oxygens (including phenoxy) is 1. The lowest BCUT2D eigenvalue weighted by Crippen LogP contribution is -2.37. The summed E-state index contributed by atoms with van der Waals surface area (Å²) in [6, 6.07) is 8.53. The van der Waals surface area contributed by atoms with Gasteiger partial charge in [-0.1, -0.05) is 32.9 Å². The van der Waals surface area contributed by atoms with Crippen LogP contribution < -0.4 is 10.1 Å². The van der Waals surface area contributed by atoms with Crippen molar-refractivity contribution in [2.45, 2.75) is 45.1 Å². The fourth-order valence-corrected chi connectivity index (χ4v) is 2.15. The first-order valence-corrected chi connectivity index (χ1v) is 6.53. The van der Waals surface area contributed by atoms with E-state index in [4.69, 9.17) is 4.74 Å². The summed E-state index contributed by atoms with van der Waals surface area (Å²) in [7, 11) is 0. The molecule has 1 atom stereocenters. The lowest BCUT2D eigenvalue weighted by atomic mass is 9.87. The van der Waals surface area contributed by atoms with E-state index in [-0.39, 0.29) is 6.84 Å². The minimum absolute atomic E-state index is 0. The molecule has 1 unspecified atom stereocenters. The van der Waals surface area contributed by atoms with Gasteiger partial charge >= 0.3 is 0 Å². The predicted molar refractivity (Wildman–Crippen MR) is 73.8 cm³/mol. The van der Waals surface area contributed by atoms with Gasteiger partial charge in [-0.05, 0) is 42.5 Å². The van der Waals surface area contributed by atoms with Gasteiger partial charge in [-0.25, -0.2) is 0 Å². The molecule has 0 aromatic heterocycles. The topological polar surface area (TPSA) is 21.3 Å². The van der Waals surface area contributed by atoms with Gasteiger partial charge in [0.2, 0.25) is 0 Å². The van der Waals surface area contributed by atoms with Crippen molar-refractivity contribution in [3.05, 3.63) is 29.8 Å². The molecule has 1 aliphatic heterocycles. The largest absolute Gasteiger partial charge is 0.489 e. The molecule has 17 heavy (non-hydrogen) atoms. The van der Waals surface area contributed by atoms with Crippen LogP contribution in [0.1, 0.15) is 40.6 Å². The SMILES string of the molecule is CC(C)(C)c1ccc(OC2CCCNC2)cc1.[HH]. The lowest BCUT2D eigenvalue weighted by Gasteiger charge is -2.24. The quantitative estimate of drug-likeness (QED) is 0.848. The molecule has 1 aromatic carbocycles. The zero-order valence-corrected chi connectivity index (χ0v) is 11.1. The Labute approximate surface area is 106 Å². The van der Waals surface area contributed by atoms with E-state index in [9.17, 15) is 0 Å². The van der Waals surface area contributed by atoms with Crippen LogP contribution in [0.25, 0.3) is 0 Å². The molecule has 2 rings (SSSR count). The molecular formula is C15H25NO. The highest BCUT2D eigenvalue weighted by atomic mass is 16.5. The third-order valence-electron chi connectivity index (χ3n) is 3.27. The molecule has 2 heteroatoms. The highest BCUT2D eigenvalue weighted by Gasteiger charge is 2.16. The van der Waals surface area contributed by atoms with Crippen molar-refractivity contribution < 1.29 is 6.16 Å². The standard InChI is InChI=1S/C15H23NO.H2/c1-15(2,3)12-6-8-13(9-7-12)17-14-5-4-10-16-11-14;/h6-9,14,16H,4-5,10-11H2,1-3H3;1H. The number of hydrogen-bond donors (Lipinski definition) is 1. The summed E-state index contributed by atoms with van der Waals surface area (Å²) in [6.45, 7) is 8.79. The monoisotopic (exact) mass is 235 g/mol. The first-order valence-electron chi connectivity index (χ1n) is 6.53. The molecule has 1 saturated heterocycles. The fraction of sp³-hybridized carbons (Fsp3) is 0.600. The van der Waals surface area contributed by atoms with Crippen LogP contribution in [0, 0.1) is 0 Å². The number of nitrogens with one attached hydrogen (secondary N) is 1. The first kappa shape index (κ1) is 12.4. The molecule has 0 spiro atoms. The zero-order valence-electron chi connectivity index (χ0n) is 11.1. The van der Waals surface area contributed by atoms with E-state index < -0.39 is 0 Å². The van der Waals surface area contributed by atoms with Crippen LogP contribution >= 0.6 is 0 Å². The Morgan fingerprint density at radius 3 is 2.47 bits per heavy atom. The minimum Gasteiger partial charge on any atom is -0.489 e. The Hall–Kier alpha value is -1.02. The first-order chi connectivity index (χ1) is 8.05. The average molecular weight is 235 g/mol. The highest BCUT2D eigenvalue weighted by molar-refractivity contribution is 5.31. The van der Waals surface area contributed by atoms with Crippen LogP contribution in [0.2, 0.25) is 0 Å². The highest BCUT2D eigenvalue weighted by Crippen LogP contribution is 2.25. The van der Waals surface area contributed by atoms with Crippen molar-refractivity contribution in [3.63, 3.8) is 0 Å². The van der Waals surface area contributed by atoms with E-state index in [1.54, 1.807) is 0 Å². The summed E-state index contributed by atoms with van der Waals surface area (Å²) in [5, 5.41) is 3.37. The second kappa shape index (κ2) is 5.09. The average Bonchev–Trinajstić information content (AvgIpc) is 2.30. The van der Waals surface area contributed by atoms with Gasteiger partial charge in [0.05, 0.1) is 0 Å². The number of hydrogen-bond acceptors (Lipinski definition) is 2. The van der Waals surface area contributed by atoms with Gasteiger partial charge in [-0.2, -0.15) is 0 Å². The molecule has 0 radical (unpaired) electrons. The maximum Gasteiger partial charge on any atom is 0.119 e. The van der Waals surface area contributed by atoms with E-state index in [0.29, 0.717) is 6.10 Å². The van der Waals surface area contributed by atoms with E-state index in [0.717, 1.165) is 25.3 Å². The van der Waals surface area contributed by atoms with Gasteiger partial charge in [-0.3, -0.25) is 0 Å². The van der Waals surface area contributed by atoms with Crippen LogP contribution in [0.15, 0.2) is 24.3 Å². The number of piperidine rings is 1. The maximum absolute atomic E-state index is 5.96. The van der Waals surface area contributed by atoms with Gasteiger partial charge in [0.25, 0.3) is 0 Å². The number of rotatable bonds is 2. The summed E-state index contributed by atoms with van der Waals surface area (Å²) in [5.74, 6) is 0.992. The molecule has 96 valence electrons. The minimum atomic E-state index is 0. The molecule has 2 nitrogen and oxygen atoms in total. The van der Waals surface area contributed by atoms with Crippen LogP contribution in [0.5, 0.6) is 5.75 Å². The third kappa shape index (κ3) is 3.47. The molecule has 1 aromatic rings. The van der Waals surface area contributed by atoms with E-state index >= 15 is 0 Å². The van der Waals surface area contributed by atoms with Crippen molar-refractivity contribution in [1.82, 2.24) is 5.32 Å². The van der Waals surface area contributed by atoms with Crippen molar-refractivity contribution >= 4 is 0 Å². The Morgan fingerprint density at radius 1 is 1.24 bits per heavy atom. The van der Waals surface area contributed by atoms with Gasteiger partial charge < -0.3 is 10.1 Å². The maximum atomic E-state index is 5.96. The summed E-state index contributed by atoms with van der Waals surface area (Å²) in [5.41, 5.74) is 1.57. The van der Waals surface area contributed by atoms with E-state index in [2.05, 4.69) is 50.4 Å². The van der Waals surface area contributed by atoms with Gasteiger partial charge in [0.1, 0.15) is 11.9 Å². The lowest BCUT2D eigenvalue weighted by molar-refractivity contribution is 0.167. The second-order valence-electron chi connectivity index (χ2n) is 5.86. The normalized spacial score (nSPS) is 21.2. The Morgan fingerprint density at radius 2 is 1.94 bits per heavy atom. The molecule has 1 heterocycles. The molecule has 0 aliphatic carbocycles. The van der Waals surface area contributed by atoms with E-state index in [1.807, 2.05) is 0 Å². The van der Waals surface area contributed by atoms with Crippen LogP contribution in [-0.2, 0) is 5.41 Å². The zero-order chi connectivity index (χ0) is 12.3. The molecule has 0 amide bonds. The number of benzene rings is 1. The summed E-state index contributed by atoms with van der Waals surface area (Å²) >= 11 is 0. The Balaban J connectivity index is 0.00000162. The van der Waals surface area contributed by atoms with Crippen LogP contribution in [0.4, 0.5) is 0 Å². The van der Waals surface area contributed by atoms with E-state index in [1.165, 1.54) is 12.0 Å². The van der Waals surface area contributed by atoms with Crippen molar-refractivity contribution in [2.24, 2.45) is 0 Å². The van der Waals surface area contributed by atoms with Crippen molar-refractivity contribution in [2.75, 3.05) is 13.1 Å². The van der Waals surface area contributed by atoms with Gasteiger partial charge in [0, 0.05) is 7.97 Å². The fourth-order valence-electron chi connectivity index (χ4n) is 2.15. The predicted octanol–water partition coefficient (Wildman–Crippen LogP) is 3.36. The van der Waals surface area contributed by atoms with Crippen molar-refractivity contribution in [1.29, 1.82) is 0 Å². The molecular weight excluding hydrogens is 210 g/mol. The van der Waals surface area contributed by atoms with Crippen LogP contribution in [-0.4, -0.2) is 19.2 Å². The molecule has 1 fully saturated rings. The Bertz CT molecular complexity index is 350. The van der Waals surface area contributed by atoms with Crippen LogP contribution in [0.3, 0.4) is 0 Å². The summed E-state index contributed by atoms with van der Waals surface area (Å²) < 4.78 is 5.96. The summed E-state index contributed by atoms with van der Waals surface area (Å²) in [6.07, 6.45) is 2.71.